The van der Waals surface area contributed by atoms with Gasteiger partial charge in [0.15, 0.2) is 6.29 Å². The molecule has 9 nitrogen and oxygen atoms in total. The molecule has 0 aromatic carbocycles. The van der Waals surface area contributed by atoms with E-state index in [9.17, 15) is 30.3 Å². The number of carbonyl (C=O) groups excluding carboxylic acids is 1. The van der Waals surface area contributed by atoms with E-state index in [2.05, 4.69) is 153 Å². The molecule has 9 heteroatoms. The minimum Gasteiger partial charge on any atom is -0.394 e. The van der Waals surface area contributed by atoms with Gasteiger partial charge in [0.2, 0.25) is 5.91 Å². The molecule has 0 aromatic rings. The van der Waals surface area contributed by atoms with Crippen LogP contribution in [0.25, 0.3) is 0 Å². The van der Waals surface area contributed by atoms with E-state index in [0.717, 1.165) is 122 Å². The highest BCUT2D eigenvalue weighted by Crippen LogP contribution is 2.24. The lowest BCUT2D eigenvalue weighted by Gasteiger charge is -2.40. The third-order valence-electron chi connectivity index (χ3n) is 18.0. The molecular weight excluding hydrogens is 1160 g/mol. The molecule has 1 fully saturated rings. The van der Waals surface area contributed by atoms with Gasteiger partial charge in [0, 0.05) is 6.42 Å². The second-order valence-electron chi connectivity index (χ2n) is 26.8. The minimum absolute atomic E-state index is 0.148. The summed E-state index contributed by atoms with van der Waals surface area (Å²) in [5.41, 5.74) is 0. The number of amides is 1. The molecule has 6 N–H and O–H groups in total. The maximum atomic E-state index is 13.2. The number of ether oxygens (including phenoxy) is 2. The second-order valence-corrected chi connectivity index (χ2v) is 26.8. The van der Waals surface area contributed by atoms with Gasteiger partial charge in [-0.2, -0.15) is 0 Å². The number of nitrogens with one attached hydrogen (secondary N) is 1. The van der Waals surface area contributed by atoms with Crippen LogP contribution < -0.4 is 5.32 Å². The molecule has 1 amide bonds. The Labute approximate surface area is 579 Å². The van der Waals surface area contributed by atoms with E-state index < -0.39 is 49.5 Å². The predicted molar refractivity (Wildman–Crippen MR) is 405 cm³/mol. The maximum absolute atomic E-state index is 13.2. The molecule has 94 heavy (non-hydrogen) atoms. The van der Waals surface area contributed by atoms with Crippen molar-refractivity contribution in [2.45, 2.75) is 384 Å². The Kier molecular flexibility index (Phi) is 67.7. The van der Waals surface area contributed by atoms with Crippen molar-refractivity contribution in [2.75, 3.05) is 13.2 Å². The van der Waals surface area contributed by atoms with E-state index in [1.54, 1.807) is 0 Å². The van der Waals surface area contributed by atoms with Gasteiger partial charge >= 0.3 is 0 Å². The average molecular weight is 1310 g/mol. The van der Waals surface area contributed by atoms with Gasteiger partial charge in [0.25, 0.3) is 0 Å². The largest absolute Gasteiger partial charge is 0.394 e. The fourth-order valence-electron chi connectivity index (χ4n) is 11.9. The quantitative estimate of drug-likeness (QED) is 0.0261. The molecule has 7 atom stereocenters. The normalized spacial score (nSPS) is 18.3. The summed E-state index contributed by atoms with van der Waals surface area (Å²) < 4.78 is 11.4. The van der Waals surface area contributed by atoms with Gasteiger partial charge in [0.1, 0.15) is 24.4 Å². The van der Waals surface area contributed by atoms with Crippen LogP contribution >= 0.6 is 0 Å². The molecule has 1 aliphatic rings. The fourth-order valence-corrected chi connectivity index (χ4v) is 11.9. The van der Waals surface area contributed by atoms with Crippen LogP contribution in [0.15, 0.2) is 134 Å². The second kappa shape index (κ2) is 72.1. The predicted octanol–water partition coefficient (Wildman–Crippen LogP) is 22.7. The Morgan fingerprint density at radius 1 is 0.372 bits per heavy atom. The summed E-state index contributed by atoms with van der Waals surface area (Å²) in [6, 6.07) is -0.737. The third-order valence-corrected chi connectivity index (χ3v) is 18.0. The van der Waals surface area contributed by atoms with E-state index in [1.807, 2.05) is 0 Å². The van der Waals surface area contributed by atoms with Crippen LogP contribution in [0.4, 0.5) is 0 Å². The van der Waals surface area contributed by atoms with Crippen LogP contribution in [0.3, 0.4) is 0 Å². The van der Waals surface area contributed by atoms with Crippen molar-refractivity contribution in [3.05, 3.63) is 134 Å². The van der Waals surface area contributed by atoms with Crippen LogP contribution in [-0.2, 0) is 14.3 Å². The molecule has 0 bridgehead atoms. The number of carbonyl (C=O) groups is 1. The highest BCUT2D eigenvalue weighted by molar-refractivity contribution is 5.76. The molecule has 1 heterocycles. The van der Waals surface area contributed by atoms with Crippen molar-refractivity contribution in [1.82, 2.24) is 5.32 Å². The van der Waals surface area contributed by atoms with Crippen molar-refractivity contribution >= 4 is 5.91 Å². The number of unbranched alkanes of at least 4 members (excludes halogenated alkanes) is 36. The molecule has 7 unspecified atom stereocenters. The lowest BCUT2D eigenvalue weighted by atomic mass is 9.99. The number of hydrogen-bond acceptors (Lipinski definition) is 8. The Morgan fingerprint density at radius 2 is 0.660 bits per heavy atom. The topological polar surface area (TPSA) is 149 Å². The van der Waals surface area contributed by atoms with Crippen LogP contribution in [0.5, 0.6) is 0 Å². The summed E-state index contributed by atoms with van der Waals surface area (Å²) in [4.78, 5) is 13.2. The lowest BCUT2D eigenvalue weighted by molar-refractivity contribution is -0.302. The number of hydrogen-bond donors (Lipinski definition) is 6. The van der Waals surface area contributed by atoms with Gasteiger partial charge in [-0.1, -0.05) is 372 Å². The van der Waals surface area contributed by atoms with Crippen LogP contribution in [0.2, 0.25) is 0 Å². The van der Waals surface area contributed by atoms with Gasteiger partial charge in [0.05, 0.1) is 25.4 Å². The third kappa shape index (κ3) is 59.6. The Morgan fingerprint density at radius 3 is 0.979 bits per heavy atom. The monoisotopic (exact) mass is 1310 g/mol. The Hall–Kier alpha value is -3.67. The molecule has 0 aliphatic carbocycles. The molecule has 0 saturated carbocycles. The van der Waals surface area contributed by atoms with Crippen molar-refractivity contribution in [2.24, 2.45) is 0 Å². The highest BCUT2D eigenvalue weighted by Gasteiger charge is 2.44. The average Bonchev–Trinajstić information content (AvgIpc) is 0.831. The highest BCUT2D eigenvalue weighted by atomic mass is 16.7. The Bertz CT molecular complexity index is 1960. The van der Waals surface area contributed by atoms with Crippen molar-refractivity contribution in [3.63, 3.8) is 0 Å². The first-order valence-electron chi connectivity index (χ1n) is 39.4. The van der Waals surface area contributed by atoms with E-state index in [4.69, 9.17) is 9.47 Å². The van der Waals surface area contributed by atoms with Gasteiger partial charge < -0.3 is 40.3 Å². The molecule has 0 aromatic heterocycles. The molecule has 1 aliphatic heterocycles. The first-order valence-corrected chi connectivity index (χ1v) is 39.4. The summed E-state index contributed by atoms with van der Waals surface area (Å²) in [6.45, 7) is 3.75. The van der Waals surface area contributed by atoms with E-state index in [0.29, 0.717) is 12.8 Å². The molecular formula is C85H147NO8. The van der Waals surface area contributed by atoms with E-state index >= 15 is 0 Å². The summed E-state index contributed by atoms with van der Waals surface area (Å²) in [5.74, 6) is -0.156. The zero-order chi connectivity index (χ0) is 67.8. The van der Waals surface area contributed by atoms with Crippen molar-refractivity contribution in [3.8, 4) is 0 Å². The standard InChI is InChI=1S/C85H147NO8/c1-3-5-7-9-11-13-15-17-19-21-23-25-27-29-31-33-35-36-37-38-39-40-41-42-43-44-45-47-49-51-53-55-57-59-61-63-65-67-69-71-73-75-81(89)86-78(77-93-85-84(92)83(91)82(90)80(76-87)94-85)79(88)74-72-70-68-66-64-62-60-58-56-54-52-50-48-46-34-32-30-28-26-24-22-20-18-16-14-12-10-8-6-4-2/h5,7,11,13,17,19,23,25,29,31,35-36,38-39,41-42,44-45,49,51,55,57,78-80,82-85,87-88,90-92H,3-4,6,8-10,12,14-16,18,20-22,24,26-28,30,32-34,37,40,43,46-48,50,52-54,56,58-77H2,1-2H3,(H,86,89)/b7-5-,13-11-,19-17-,25-23-,31-29-,36-35-,39-38-,42-41-,45-44-,51-49-,57-55-. The molecule has 1 rings (SSSR count). The first-order chi connectivity index (χ1) is 46.3. The lowest BCUT2D eigenvalue weighted by Crippen LogP contribution is -2.60. The molecule has 540 valence electrons. The van der Waals surface area contributed by atoms with Gasteiger partial charge in [-0.15, -0.1) is 0 Å². The SMILES string of the molecule is CC/C=C\C/C=C\C/C=C\C/C=C\C/C=C\C/C=C\C/C=C\C/C=C\C/C=C\C/C=C\C/C=C\CCCCCCCCCC(=O)NC(COC1OC(CO)C(O)C(O)C1O)C(O)CCCCCCCCCCCCCCCCCCCCCCCCCCCCCCCC. The summed E-state index contributed by atoms with van der Waals surface area (Å²) in [6.07, 6.45) is 103. The fraction of sp³-hybridized carbons (Fsp3) is 0.729. The van der Waals surface area contributed by atoms with Crippen LogP contribution in [-0.4, -0.2) is 87.5 Å². The van der Waals surface area contributed by atoms with Crippen LogP contribution in [0.1, 0.15) is 341 Å². The zero-order valence-electron chi connectivity index (χ0n) is 60.7. The van der Waals surface area contributed by atoms with Crippen molar-refractivity contribution < 1.29 is 39.8 Å². The van der Waals surface area contributed by atoms with Gasteiger partial charge in [-0.05, 0) is 96.3 Å². The maximum Gasteiger partial charge on any atom is 0.220 e. The Balaban J connectivity index is 2.12. The van der Waals surface area contributed by atoms with E-state index in [1.165, 1.54) is 193 Å². The van der Waals surface area contributed by atoms with Gasteiger partial charge in [-0.3, -0.25) is 4.79 Å². The summed E-state index contributed by atoms with van der Waals surface area (Å²) in [5, 5.41) is 55.1. The molecule has 0 spiro atoms. The first kappa shape index (κ1) is 88.3. The smallest absolute Gasteiger partial charge is 0.220 e. The van der Waals surface area contributed by atoms with Crippen molar-refractivity contribution in [1.29, 1.82) is 0 Å². The number of allylic oxidation sites excluding steroid dienone is 22. The number of aliphatic hydroxyl groups is 5. The van der Waals surface area contributed by atoms with Crippen LogP contribution in [0, 0.1) is 0 Å². The number of rotatable bonds is 68. The minimum atomic E-state index is -1.56. The number of aliphatic hydroxyl groups excluding tert-OH is 5. The molecule has 1 saturated heterocycles. The summed E-state index contributed by atoms with van der Waals surface area (Å²) >= 11 is 0. The molecule has 0 radical (unpaired) electrons. The van der Waals surface area contributed by atoms with E-state index in [-0.39, 0.29) is 12.5 Å². The zero-order valence-corrected chi connectivity index (χ0v) is 60.7. The van der Waals surface area contributed by atoms with Gasteiger partial charge in [-0.25, -0.2) is 0 Å². The summed E-state index contributed by atoms with van der Waals surface area (Å²) in [7, 11) is 0.